The molecular weight excluding hydrogens is 235 g/mol. The number of rotatable bonds is 2. The third-order valence-electron chi connectivity index (χ3n) is 3.04. The molecule has 1 aliphatic heterocycles. The Labute approximate surface area is 105 Å². The molecule has 4 nitrogen and oxygen atoms in total. The van der Waals surface area contributed by atoms with Gasteiger partial charge in [0, 0.05) is 17.9 Å². The second-order valence-electron chi connectivity index (χ2n) is 4.94. The average Bonchev–Trinajstić information content (AvgIpc) is 2.28. The molecule has 0 saturated carbocycles. The minimum absolute atomic E-state index is 0.235. The van der Waals surface area contributed by atoms with Crippen molar-refractivity contribution in [3.63, 3.8) is 0 Å². The van der Waals surface area contributed by atoms with Crippen molar-refractivity contribution in [1.29, 1.82) is 0 Å². The molecule has 0 spiro atoms. The predicted octanol–water partition coefficient (Wildman–Crippen LogP) is 1.71. The molecule has 1 heterocycles. The third kappa shape index (κ3) is 2.98. The van der Waals surface area contributed by atoms with E-state index >= 15 is 0 Å². The van der Waals surface area contributed by atoms with E-state index in [1.807, 2.05) is 6.92 Å². The van der Waals surface area contributed by atoms with Gasteiger partial charge in [0.2, 0.25) is 0 Å². The lowest BCUT2D eigenvalue weighted by atomic mass is 9.94. The number of halogens is 1. The molecule has 3 N–H and O–H groups in total. The number of ether oxygens (including phenoxy) is 1. The lowest BCUT2D eigenvalue weighted by Gasteiger charge is -2.34. The van der Waals surface area contributed by atoms with Crippen molar-refractivity contribution in [2.45, 2.75) is 25.3 Å². The molecule has 1 aliphatic rings. The average molecular weight is 252 g/mol. The van der Waals surface area contributed by atoms with E-state index in [0.717, 1.165) is 19.4 Å². The predicted molar refractivity (Wildman–Crippen MR) is 66.7 cm³/mol. The molecule has 0 aromatic heterocycles. The highest BCUT2D eigenvalue weighted by atomic mass is 19.1. The van der Waals surface area contributed by atoms with Gasteiger partial charge < -0.3 is 15.8 Å². The maximum Gasteiger partial charge on any atom is 0.251 e. The maximum absolute atomic E-state index is 13.2. The topological polar surface area (TPSA) is 64.4 Å². The number of benzene rings is 1. The van der Waals surface area contributed by atoms with Crippen molar-refractivity contribution >= 4 is 11.6 Å². The summed E-state index contributed by atoms with van der Waals surface area (Å²) in [6.45, 7) is 3.12. The molecule has 5 heteroatoms. The Morgan fingerprint density at radius 2 is 2.28 bits per heavy atom. The Bertz CT molecular complexity index is 436. The van der Waals surface area contributed by atoms with E-state index in [9.17, 15) is 9.18 Å². The van der Waals surface area contributed by atoms with Gasteiger partial charge in [0.1, 0.15) is 5.82 Å². The summed E-state index contributed by atoms with van der Waals surface area (Å²) in [6, 6.07) is 3.83. The largest absolute Gasteiger partial charge is 0.399 e. The van der Waals surface area contributed by atoms with Crippen molar-refractivity contribution in [2.24, 2.45) is 0 Å². The van der Waals surface area contributed by atoms with Gasteiger partial charge >= 0.3 is 0 Å². The van der Waals surface area contributed by atoms with Crippen LogP contribution in [0.1, 0.15) is 30.1 Å². The molecule has 1 unspecified atom stereocenters. The monoisotopic (exact) mass is 252 g/mol. The smallest absolute Gasteiger partial charge is 0.251 e. The summed E-state index contributed by atoms with van der Waals surface area (Å²) in [5, 5.41) is 2.88. The lowest BCUT2D eigenvalue weighted by Crippen LogP contribution is -2.51. The fraction of sp³-hybridized carbons (Fsp3) is 0.462. The number of nitrogens with one attached hydrogen (secondary N) is 1. The maximum atomic E-state index is 13.2. The van der Waals surface area contributed by atoms with Crippen molar-refractivity contribution in [3.05, 3.63) is 29.6 Å². The van der Waals surface area contributed by atoms with E-state index < -0.39 is 11.4 Å². The molecule has 1 saturated heterocycles. The lowest BCUT2D eigenvalue weighted by molar-refractivity contribution is 0.0272. The zero-order valence-electron chi connectivity index (χ0n) is 10.3. The van der Waals surface area contributed by atoms with Crippen LogP contribution in [0.5, 0.6) is 0 Å². The second-order valence-corrected chi connectivity index (χ2v) is 4.94. The van der Waals surface area contributed by atoms with Gasteiger partial charge in [-0.1, -0.05) is 0 Å². The van der Waals surface area contributed by atoms with Gasteiger partial charge in [0.15, 0.2) is 0 Å². The first kappa shape index (κ1) is 12.8. The van der Waals surface area contributed by atoms with E-state index in [2.05, 4.69) is 5.32 Å². The summed E-state index contributed by atoms with van der Waals surface area (Å²) in [7, 11) is 0. The van der Waals surface area contributed by atoms with Crippen LogP contribution in [0.25, 0.3) is 0 Å². The summed E-state index contributed by atoms with van der Waals surface area (Å²) in [5.74, 6) is -0.834. The van der Waals surface area contributed by atoms with Crippen LogP contribution in [0, 0.1) is 5.82 Å². The molecule has 0 bridgehead atoms. The molecule has 0 aliphatic carbocycles. The van der Waals surface area contributed by atoms with Gasteiger partial charge in [-0.25, -0.2) is 4.39 Å². The molecule has 1 amide bonds. The summed E-state index contributed by atoms with van der Waals surface area (Å²) in [4.78, 5) is 12.0. The number of nitrogens with two attached hydrogens (primary N) is 1. The van der Waals surface area contributed by atoms with E-state index in [1.165, 1.54) is 18.2 Å². The highest BCUT2D eigenvalue weighted by Gasteiger charge is 2.29. The number of amides is 1. The fourth-order valence-electron chi connectivity index (χ4n) is 2.12. The first-order valence-corrected chi connectivity index (χ1v) is 5.95. The number of carbonyl (C=O) groups excluding carboxylic acids is 1. The third-order valence-corrected chi connectivity index (χ3v) is 3.04. The van der Waals surface area contributed by atoms with Gasteiger partial charge in [-0.15, -0.1) is 0 Å². The van der Waals surface area contributed by atoms with Gasteiger partial charge in [-0.3, -0.25) is 4.79 Å². The number of anilines is 1. The van der Waals surface area contributed by atoms with Crippen LogP contribution in [0.3, 0.4) is 0 Å². The summed E-state index contributed by atoms with van der Waals surface area (Å²) >= 11 is 0. The highest BCUT2D eigenvalue weighted by molar-refractivity contribution is 5.95. The van der Waals surface area contributed by atoms with Crippen LogP contribution >= 0.6 is 0 Å². The Kier molecular flexibility index (Phi) is 3.52. The normalized spacial score (nSPS) is 23.7. The van der Waals surface area contributed by atoms with Gasteiger partial charge in [-0.05, 0) is 38.0 Å². The summed E-state index contributed by atoms with van der Waals surface area (Å²) in [5.41, 5.74) is 5.60. The molecule has 1 atom stereocenters. The van der Waals surface area contributed by atoms with Crippen LogP contribution < -0.4 is 11.1 Å². The van der Waals surface area contributed by atoms with Gasteiger partial charge in [-0.2, -0.15) is 0 Å². The highest BCUT2D eigenvalue weighted by Crippen LogP contribution is 2.19. The van der Waals surface area contributed by atoms with Gasteiger partial charge in [0.05, 0.1) is 12.1 Å². The number of carbonyl (C=O) groups is 1. The van der Waals surface area contributed by atoms with Crippen LogP contribution in [-0.2, 0) is 4.74 Å². The molecular formula is C13H17FN2O2. The zero-order valence-corrected chi connectivity index (χ0v) is 10.3. The standard InChI is InChI=1S/C13H17FN2O2/c1-13(3-2-4-18-8-13)16-12(17)9-5-10(14)7-11(15)6-9/h5-7H,2-4,8,15H2,1H3,(H,16,17). The summed E-state index contributed by atoms with van der Waals surface area (Å²) in [6.07, 6.45) is 1.76. The SMILES string of the molecule is CC1(NC(=O)c2cc(N)cc(F)c2)CCCOC1. The number of nitrogen functional groups attached to an aromatic ring is 1. The van der Waals surface area contributed by atoms with Crippen LogP contribution in [0.4, 0.5) is 10.1 Å². The Balaban J connectivity index is 2.11. The molecule has 1 aromatic rings. The molecule has 98 valence electrons. The quantitative estimate of drug-likeness (QED) is 0.787. The Hall–Kier alpha value is -1.62. The van der Waals surface area contributed by atoms with Crippen molar-refractivity contribution in [1.82, 2.24) is 5.32 Å². The first-order chi connectivity index (χ1) is 8.48. The van der Waals surface area contributed by atoms with Crippen molar-refractivity contribution in [3.8, 4) is 0 Å². The molecule has 0 radical (unpaired) electrons. The summed E-state index contributed by atoms with van der Waals surface area (Å²) < 4.78 is 18.5. The van der Waals surface area contributed by atoms with Crippen molar-refractivity contribution in [2.75, 3.05) is 18.9 Å². The van der Waals surface area contributed by atoms with Crippen LogP contribution in [0.2, 0.25) is 0 Å². The number of hydrogen-bond donors (Lipinski definition) is 2. The second kappa shape index (κ2) is 4.94. The van der Waals surface area contributed by atoms with E-state index in [0.29, 0.717) is 6.61 Å². The molecule has 1 fully saturated rings. The molecule has 1 aromatic carbocycles. The molecule has 2 rings (SSSR count). The fourth-order valence-corrected chi connectivity index (χ4v) is 2.12. The Morgan fingerprint density at radius 1 is 1.50 bits per heavy atom. The van der Waals surface area contributed by atoms with Crippen LogP contribution in [-0.4, -0.2) is 24.7 Å². The van der Waals surface area contributed by atoms with E-state index in [-0.39, 0.29) is 17.2 Å². The minimum atomic E-state index is -0.509. The van der Waals surface area contributed by atoms with Crippen LogP contribution in [0.15, 0.2) is 18.2 Å². The minimum Gasteiger partial charge on any atom is -0.399 e. The number of hydrogen-bond acceptors (Lipinski definition) is 3. The Morgan fingerprint density at radius 3 is 2.89 bits per heavy atom. The van der Waals surface area contributed by atoms with Gasteiger partial charge in [0.25, 0.3) is 5.91 Å². The first-order valence-electron chi connectivity index (χ1n) is 5.95. The van der Waals surface area contributed by atoms with E-state index in [4.69, 9.17) is 10.5 Å². The van der Waals surface area contributed by atoms with E-state index in [1.54, 1.807) is 0 Å². The molecule has 18 heavy (non-hydrogen) atoms. The van der Waals surface area contributed by atoms with Crippen molar-refractivity contribution < 1.29 is 13.9 Å². The zero-order chi connectivity index (χ0) is 13.2.